The highest BCUT2D eigenvalue weighted by atomic mass is 16.4. The van der Waals surface area contributed by atoms with Crippen molar-refractivity contribution in [2.24, 2.45) is 33.7 Å². The molecule has 16 heteroatoms. The van der Waals surface area contributed by atoms with Gasteiger partial charge in [-0.1, -0.05) is 0 Å². The number of carboxylic acids is 1. The highest BCUT2D eigenvalue weighted by Crippen LogP contribution is 2.19. The van der Waals surface area contributed by atoms with Crippen molar-refractivity contribution in [3.8, 4) is 0 Å². The van der Waals surface area contributed by atoms with Crippen molar-refractivity contribution in [2.45, 2.75) is 69.1 Å². The van der Waals surface area contributed by atoms with E-state index in [0.29, 0.717) is 12.8 Å². The second kappa shape index (κ2) is 14.4. The Morgan fingerprint density at radius 1 is 0.944 bits per heavy atom. The van der Waals surface area contributed by atoms with Gasteiger partial charge in [-0.25, -0.2) is 4.79 Å². The standard InChI is InChI=1S/C20H35N9O7/c21-10(3-1-7-26-20(24)25)16(32)28-12(9-15(23)31)17(33)27-11(5-6-14(22)30)18(34)29-8-2-4-13(29)19(35)36/h10-13H,1-9,21H2,(H2,22,30)(H2,23,31)(H,27,33)(H,28,32)(H,35,36)(H4,24,25,26). The summed E-state index contributed by atoms with van der Waals surface area (Å²) < 4.78 is 0. The van der Waals surface area contributed by atoms with Crippen LogP contribution in [-0.2, 0) is 28.8 Å². The predicted molar refractivity (Wildman–Crippen MR) is 126 cm³/mol. The van der Waals surface area contributed by atoms with Gasteiger partial charge in [0.1, 0.15) is 18.1 Å². The molecule has 0 radical (unpaired) electrons. The number of guanidine groups is 1. The summed E-state index contributed by atoms with van der Waals surface area (Å²) in [5.74, 6) is -5.40. The van der Waals surface area contributed by atoms with Gasteiger partial charge in [-0.15, -0.1) is 0 Å². The van der Waals surface area contributed by atoms with Gasteiger partial charge in [-0.05, 0) is 32.1 Å². The Morgan fingerprint density at radius 3 is 2.14 bits per heavy atom. The van der Waals surface area contributed by atoms with Crippen LogP contribution in [-0.4, -0.2) is 88.7 Å². The van der Waals surface area contributed by atoms with Crippen molar-refractivity contribution < 1.29 is 33.9 Å². The van der Waals surface area contributed by atoms with Crippen LogP contribution in [0.2, 0.25) is 0 Å². The molecule has 0 saturated carbocycles. The molecule has 1 heterocycles. The summed E-state index contributed by atoms with van der Waals surface area (Å²) >= 11 is 0. The first-order chi connectivity index (χ1) is 16.8. The molecule has 4 atom stereocenters. The molecule has 1 rings (SSSR count). The van der Waals surface area contributed by atoms with E-state index in [4.69, 9.17) is 28.7 Å². The zero-order chi connectivity index (χ0) is 27.4. The number of hydrogen-bond acceptors (Lipinski definition) is 8. The number of rotatable bonds is 15. The van der Waals surface area contributed by atoms with Gasteiger partial charge in [0.05, 0.1) is 12.5 Å². The lowest BCUT2D eigenvalue weighted by molar-refractivity contribution is -0.149. The summed E-state index contributed by atoms with van der Waals surface area (Å²) in [5, 5.41) is 14.1. The molecular formula is C20H35N9O7. The van der Waals surface area contributed by atoms with Gasteiger partial charge in [-0.2, -0.15) is 0 Å². The first kappa shape index (κ1) is 30.1. The number of likely N-dealkylation sites (tertiary alicyclic amines) is 1. The molecule has 0 spiro atoms. The topological polar surface area (TPSA) is 292 Å². The number of carbonyl (C=O) groups is 6. The van der Waals surface area contributed by atoms with E-state index in [0.717, 1.165) is 4.90 Å². The summed E-state index contributed by atoms with van der Waals surface area (Å²) in [7, 11) is 0. The van der Waals surface area contributed by atoms with E-state index < -0.39 is 66.1 Å². The molecule has 4 unspecified atom stereocenters. The minimum absolute atomic E-state index is 0.116. The normalized spacial score (nSPS) is 17.4. The van der Waals surface area contributed by atoms with Gasteiger partial charge in [0.25, 0.3) is 0 Å². The van der Waals surface area contributed by atoms with Crippen LogP contribution in [0.1, 0.15) is 44.9 Å². The molecule has 0 bridgehead atoms. The van der Waals surface area contributed by atoms with Crippen LogP contribution in [0.15, 0.2) is 4.99 Å². The van der Waals surface area contributed by atoms with E-state index in [2.05, 4.69) is 15.6 Å². The Morgan fingerprint density at radius 2 is 1.58 bits per heavy atom. The Labute approximate surface area is 207 Å². The second-order valence-electron chi connectivity index (χ2n) is 8.38. The second-order valence-corrected chi connectivity index (χ2v) is 8.38. The van der Waals surface area contributed by atoms with Gasteiger partial charge >= 0.3 is 5.97 Å². The molecule has 0 aromatic rings. The first-order valence-corrected chi connectivity index (χ1v) is 11.3. The number of primary amides is 2. The van der Waals surface area contributed by atoms with Crippen molar-refractivity contribution >= 4 is 41.5 Å². The number of hydrogen-bond donors (Lipinski definition) is 8. The molecule has 1 aliphatic heterocycles. The van der Waals surface area contributed by atoms with Crippen molar-refractivity contribution in [1.82, 2.24) is 15.5 Å². The smallest absolute Gasteiger partial charge is 0.326 e. The quantitative estimate of drug-likeness (QED) is 0.0590. The molecule has 36 heavy (non-hydrogen) atoms. The van der Waals surface area contributed by atoms with Gasteiger partial charge in [0.2, 0.25) is 29.5 Å². The van der Waals surface area contributed by atoms with Crippen molar-refractivity contribution in [1.29, 1.82) is 0 Å². The summed E-state index contributed by atoms with van der Waals surface area (Å²) in [5.41, 5.74) is 26.7. The van der Waals surface area contributed by atoms with Crippen molar-refractivity contribution in [3.63, 3.8) is 0 Å². The fourth-order valence-corrected chi connectivity index (χ4v) is 3.64. The molecule has 1 fully saturated rings. The molecule has 1 aliphatic rings. The Bertz CT molecular complexity index is 876. The van der Waals surface area contributed by atoms with Crippen LogP contribution in [0.5, 0.6) is 0 Å². The van der Waals surface area contributed by atoms with E-state index in [1.54, 1.807) is 0 Å². The molecular weight excluding hydrogens is 478 g/mol. The van der Waals surface area contributed by atoms with Crippen LogP contribution < -0.4 is 39.3 Å². The van der Waals surface area contributed by atoms with Gasteiger partial charge in [0.15, 0.2) is 5.96 Å². The SMILES string of the molecule is NC(=O)CCC(NC(=O)C(CC(N)=O)NC(=O)C(N)CCCN=C(N)N)C(=O)N1CCCC1C(=O)O. The maximum Gasteiger partial charge on any atom is 0.326 e. The van der Waals surface area contributed by atoms with Crippen LogP contribution >= 0.6 is 0 Å². The third kappa shape index (κ3) is 10.1. The Balaban J connectivity index is 2.95. The monoisotopic (exact) mass is 513 g/mol. The highest BCUT2D eigenvalue weighted by Gasteiger charge is 2.38. The fraction of sp³-hybridized carbons (Fsp3) is 0.650. The maximum atomic E-state index is 13.0. The summed E-state index contributed by atoms with van der Waals surface area (Å²) in [6.07, 6.45) is 0.110. The molecule has 202 valence electrons. The van der Waals surface area contributed by atoms with E-state index in [-0.39, 0.29) is 44.7 Å². The number of nitrogens with two attached hydrogens (primary N) is 5. The van der Waals surface area contributed by atoms with E-state index >= 15 is 0 Å². The number of nitrogens with zero attached hydrogens (tertiary/aromatic N) is 2. The summed E-state index contributed by atoms with van der Waals surface area (Å²) in [6.45, 7) is 0.376. The number of nitrogens with one attached hydrogen (secondary N) is 2. The largest absolute Gasteiger partial charge is 0.480 e. The van der Waals surface area contributed by atoms with Crippen LogP contribution in [0.3, 0.4) is 0 Å². The minimum Gasteiger partial charge on any atom is -0.480 e. The lowest BCUT2D eigenvalue weighted by atomic mass is 10.1. The van der Waals surface area contributed by atoms with E-state index in [1.807, 2.05) is 0 Å². The number of aliphatic carboxylic acids is 1. The number of carbonyl (C=O) groups excluding carboxylic acids is 5. The third-order valence-electron chi connectivity index (χ3n) is 5.46. The lowest BCUT2D eigenvalue weighted by Crippen LogP contribution is -2.57. The molecule has 0 aliphatic carbocycles. The molecule has 1 saturated heterocycles. The number of amides is 5. The van der Waals surface area contributed by atoms with Crippen molar-refractivity contribution in [2.75, 3.05) is 13.1 Å². The molecule has 16 nitrogen and oxygen atoms in total. The fourth-order valence-electron chi connectivity index (χ4n) is 3.64. The first-order valence-electron chi connectivity index (χ1n) is 11.3. The average molecular weight is 514 g/mol. The average Bonchev–Trinajstić information content (AvgIpc) is 3.28. The minimum atomic E-state index is -1.48. The van der Waals surface area contributed by atoms with Crippen LogP contribution in [0.4, 0.5) is 0 Å². The summed E-state index contributed by atoms with van der Waals surface area (Å²) in [4.78, 5) is 77.6. The van der Waals surface area contributed by atoms with Crippen LogP contribution in [0, 0.1) is 0 Å². The summed E-state index contributed by atoms with van der Waals surface area (Å²) in [6, 6.07) is -4.94. The maximum absolute atomic E-state index is 13.0. The predicted octanol–water partition coefficient (Wildman–Crippen LogP) is -4.45. The third-order valence-corrected chi connectivity index (χ3v) is 5.46. The zero-order valence-electron chi connectivity index (χ0n) is 19.9. The van der Waals surface area contributed by atoms with Gasteiger partial charge in [0, 0.05) is 19.5 Å². The Hall–Kier alpha value is -3.95. The molecule has 5 amide bonds. The van der Waals surface area contributed by atoms with E-state index in [1.165, 1.54) is 0 Å². The molecule has 0 aromatic heterocycles. The Kier molecular flexibility index (Phi) is 12.1. The zero-order valence-corrected chi connectivity index (χ0v) is 19.9. The highest BCUT2D eigenvalue weighted by molar-refractivity contribution is 5.96. The van der Waals surface area contributed by atoms with E-state index in [9.17, 15) is 33.9 Å². The number of carboxylic acid groups (broad SMARTS) is 1. The number of aliphatic imine (C=N–C) groups is 1. The van der Waals surface area contributed by atoms with Gasteiger partial charge in [-0.3, -0.25) is 29.0 Å². The van der Waals surface area contributed by atoms with Crippen molar-refractivity contribution in [3.05, 3.63) is 0 Å². The van der Waals surface area contributed by atoms with Gasteiger partial charge < -0.3 is 49.3 Å². The lowest BCUT2D eigenvalue weighted by Gasteiger charge is -2.28. The molecule has 0 aromatic carbocycles. The van der Waals surface area contributed by atoms with Crippen LogP contribution in [0.25, 0.3) is 0 Å². The molecule has 13 N–H and O–H groups in total.